The van der Waals surface area contributed by atoms with Crippen LogP contribution in [0.4, 0.5) is 11.4 Å². The Morgan fingerprint density at radius 3 is 2.43 bits per heavy atom. The minimum atomic E-state index is -1.00. The van der Waals surface area contributed by atoms with E-state index in [1.807, 2.05) is 31.2 Å². The van der Waals surface area contributed by atoms with Crippen LogP contribution >= 0.6 is 0 Å². The number of carboxylic acid groups (broad SMARTS) is 1. The number of morpholine rings is 1. The molecule has 0 aromatic heterocycles. The second-order valence-electron chi connectivity index (χ2n) is 7.75. The van der Waals surface area contributed by atoms with Gasteiger partial charge >= 0.3 is 5.97 Å². The van der Waals surface area contributed by atoms with E-state index in [0.717, 1.165) is 37.6 Å². The van der Waals surface area contributed by atoms with Crippen molar-refractivity contribution in [2.24, 2.45) is 0 Å². The van der Waals surface area contributed by atoms with Crippen molar-refractivity contribution in [2.45, 2.75) is 32.4 Å². The number of amides is 1. The highest BCUT2D eigenvalue weighted by Gasteiger charge is 2.34. The van der Waals surface area contributed by atoms with Gasteiger partial charge in [-0.1, -0.05) is 0 Å². The highest BCUT2D eigenvalue weighted by Crippen LogP contribution is 2.40. The predicted octanol–water partition coefficient (Wildman–Crippen LogP) is 3.49. The molecule has 1 saturated heterocycles. The average molecular weight is 410 g/mol. The van der Waals surface area contributed by atoms with E-state index in [2.05, 4.69) is 4.90 Å². The van der Waals surface area contributed by atoms with Gasteiger partial charge in [0.05, 0.1) is 24.5 Å². The Kier molecular flexibility index (Phi) is 5.63. The first-order valence-corrected chi connectivity index (χ1v) is 10.2. The van der Waals surface area contributed by atoms with Crippen molar-refractivity contribution >= 4 is 23.3 Å². The highest BCUT2D eigenvalue weighted by molar-refractivity contribution is 5.95. The van der Waals surface area contributed by atoms with Gasteiger partial charge in [-0.15, -0.1) is 0 Å². The molecular weight excluding hydrogens is 384 g/mol. The van der Waals surface area contributed by atoms with Crippen molar-refractivity contribution in [3.8, 4) is 5.75 Å². The number of benzene rings is 2. The zero-order chi connectivity index (χ0) is 21.3. The zero-order valence-electron chi connectivity index (χ0n) is 17.2. The molecule has 2 aromatic rings. The summed E-state index contributed by atoms with van der Waals surface area (Å²) in [6.45, 7) is 6.70. The molecule has 2 heterocycles. The van der Waals surface area contributed by atoms with Gasteiger partial charge in [0.2, 0.25) is 5.91 Å². The Balaban J connectivity index is 1.60. The number of fused-ring (bicyclic) bond motifs is 1. The quantitative estimate of drug-likeness (QED) is 0.831. The van der Waals surface area contributed by atoms with Gasteiger partial charge in [-0.25, -0.2) is 4.79 Å². The summed E-state index contributed by atoms with van der Waals surface area (Å²) in [5.41, 5.74) is 2.74. The normalized spacial score (nSPS) is 21.1. The monoisotopic (exact) mass is 410 g/mol. The largest absolute Gasteiger partial charge is 0.486 e. The number of carboxylic acids is 1. The molecule has 7 heteroatoms. The van der Waals surface area contributed by atoms with E-state index in [-0.39, 0.29) is 23.6 Å². The van der Waals surface area contributed by atoms with Crippen LogP contribution in [0, 0.1) is 0 Å². The fraction of sp³-hybridized carbons (Fsp3) is 0.391. The molecule has 2 atom stereocenters. The number of aromatic carboxylic acids is 1. The Morgan fingerprint density at radius 1 is 1.10 bits per heavy atom. The first-order valence-electron chi connectivity index (χ1n) is 10.2. The number of hydrogen-bond donors (Lipinski definition) is 1. The summed E-state index contributed by atoms with van der Waals surface area (Å²) in [5, 5.41) is 9.41. The molecule has 0 saturated carbocycles. The first-order chi connectivity index (χ1) is 14.4. The summed E-state index contributed by atoms with van der Waals surface area (Å²) in [7, 11) is 0. The Labute approximate surface area is 175 Å². The van der Waals surface area contributed by atoms with Gasteiger partial charge in [0, 0.05) is 43.7 Å². The maximum absolute atomic E-state index is 12.2. The molecule has 7 nitrogen and oxygen atoms in total. The van der Waals surface area contributed by atoms with E-state index in [4.69, 9.17) is 9.47 Å². The zero-order valence-corrected chi connectivity index (χ0v) is 17.2. The second-order valence-corrected chi connectivity index (χ2v) is 7.75. The van der Waals surface area contributed by atoms with Crippen LogP contribution in [-0.4, -0.2) is 49.3 Å². The first kappa shape index (κ1) is 20.2. The molecule has 30 heavy (non-hydrogen) atoms. The Hall–Kier alpha value is -3.06. The third kappa shape index (κ3) is 3.98. The van der Waals surface area contributed by atoms with Gasteiger partial charge in [0.25, 0.3) is 0 Å². The lowest BCUT2D eigenvalue weighted by Gasteiger charge is -2.39. The van der Waals surface area contributed by atoms with Crippen molar-refractivity contribution in [3.63, 3.8) is 0 Å². The van der Waals surface area contributed by atoms with Gasteiger partial charge in [0.1, 0.15) is 11.9 Å². The van der Waals surface area contributed by atoms with Crippen LogP contribution in [0.25, 0.3) is 0 Å². The van der Waals surface area contributed by atoms with Gasteiger partial charge in [0.15, 0.2) is 0 Å². The van der Waals surface area contributed by atoms with E-state index >= 15 is 0 Å². The van der Waals surface area contributed by atoms with E-state index in [1.54, 1.807) is 17.0 Å². The summed E-state index contributed by atoms with van der Waals surface area (Å²) in [5.74, 6) is -0.355. The standard InChI is InChI=1S/C23H26N2O5/c1-15-13-22(20-14-17(23(27)28)3-8-21(20)25(15)16(2)26)30-19-6-4-18(5-7-19)24-9-11-29-12-10-24/h3-8,14-15,22H,9-13H2,1-2H3,(H,27,28)/t15-,22+/m0/s1. The molecule has 1 N–H and O–H groups in total. The molecule has 0 unspecified atom stereocenters. The predicted molar refractivity (Wildman–Crippen MR) is 113 cm³/mol. The van der Waals surface area contributed by atoms with E-state index in [9.17, 15) is 14.7 Å². The lowest BCUT2D eigenvalue weighted by Crippen LogP contribution is -2.43. The number of carbonyl (C=O) groups is 2. The van der Waals surface area contributed by atoms with Gasteiger partial charge in [-0.05, 0) is 49.4 Å². The second kappa shape index (κ2) is 8.36. The van der Waals surface area contributed by atoms with E-state index in [0.29, 0.717) is 17.9 Å². The molecule has 2 aliphatic heterocycles. The van der Waals surface area contributed by atoms with Crippen molar-refractivity contribution in [3.05, 3.63) is 53.6 Å². The van der Waals surface area contributed by atoms with E-state index in [1.165, 1.54) is 13.0 Å². The van der Waals surface area contributed by atoms with Gasteiger partial charge in [-0.2, -0.15) is 0 Å². The van der Waals surface area contributed by atoms with E-state index < -0.39 is 5.97 Å². The van der Waals surface area contributed by atoms with Crippen molar-refractivity contribution < 1.29 is 24.2 Å². The van der Waals surface area contributed by atoms with Gasteiger partial charge < -0.3 is 24.4 Å². The van der Waals surface area contributed by atoms with Crippen LogP contribution in [0.15, 0.2) is 42.5 Å². The number of hydrogen-bond acceptors (Lipinski definition) is 5. The van der Waals surface area contributed by atoms with Crippen molar-refractivity contribution in [2.75, 3.05) is 36.1 Å². The van der Waals surface area contributed by atoms with Crippen LogP contribution in [0.2, 0.25) is 0 Å². The minimum Gasteiger partial charge on any atom is -0.486 e. The van der Waals surface area contributed by atoms with Gasteiger partial charge in [-0.3, -0.25) is 4.79 Å². The molecule has 0 radical (unpaired) electrons. The smallest absolute Gasteiger partial charge is 0.335 e. The SMILES string of the molecule is CC(=O)N1c2ccc(C(=O)O)cc2[C@H](Oc2ccc(N3CCOCC3)cc2)C[C@@H]1C. The minimum absolute atomic E-state index is 0.0525. The lowest BCUT2D eigenvalue weighted by atomic mass is 9.92. The number of rotatable bonds is 4. The number of nitrogens with zero attached hydrogens (tertiary/aromatic N) is 2. The van der Waals surface area contributed by atoms with Crippen molar-refractivity contribution in [1.82, 2.24) is 0 Å². The topological polar surface area (TPSA) is 79.3 Å². The highest BCUT2D eigenvalue weighted by atomic mass is 16.5. The summed E-state index contributed by atoms with van der Waals surface area (Å²) in [4.78, 5) is 27.7. The van der Waals surface area contributed by atoms with Crippen LogP contribution in [-0.2, 0) is 9.53 Å². The molecule has 4 rings (SSSR count). The summed E-state index contributed by atoms with van der Waals surface area (Å²) in [6, 6.07) is 12.7. The molecule has 158 valence electrons. The maximum atomic E-state index is 12.2. The molecule has 0 aliphatic carbocycles. The van der Waals surface area contributed by atoms with Crippen LogP contribution in [0.5, 0.6) is 5.75 Å². The summed E-state index contributed by atoms with van der Waals surface area (Å²) < 4.78 is 11.7. The van der Waals surface area contributed by atoms with Crippen LogP contribution in [0.1, 0.15) is 42.3 Å². The molecule has 2 aliphatic rings. The summed E-state index contributed by atoms with van der Waals surface area (Å²) >= 11 is 0. The molecular formula is C23H26N2O5. The maximum Gasteiger partial charge on any atom is 0.335 e. The van der Waals surface area contributed by atoms with Crippen LogP contribution < -0.4 is 14.5 Å². The molecule has 0 spiro atoms. The fourth-order valence-corrected chi connectivity index (χ4v) is 4.26. The molecule has 1 amide bonds. The Morgan fingerprint density at radius 2 is 1.80 bits per heavy atom. The fourth-order valence-electron chi connectivity index (χ4n) is 4.26. The lowest BCUT2D eigenvalue weighted by molar-refractivity contribution is -0.117. The Bertz CT molecular complexity index is 937. The average Bonchev–Trinajstić information content (AvgIpc) is 2.74. The third-order valence-corrected chi connectivity index (χ3v) is 5.71. The molecule has 2 aromatic carbocycles. The number of anilines is 2. The van der Waals surface area contributed by atoms with Crippen molar-refractivity contribution in [1.29, 1.82) is 0 Å². The third-order valence-electron chi connectivity index (χ3n) is 5.71. The summed E-state index contributed by atoms with van der Waals surface area (Å²) in [6.07, 6.45) is 0.250. The van der Waals surface area contributed by atoms with Crippen LogP contribution in [0.3, 0.4) is 0 Å². The molecule has 1 fully saturated rings. The number of carbonyl (C=O) groups excluding carboxylic acids is 1. The number of ether oxygens (including phenoxy) is 2. The molecule has 0 bridgehead atoms.